The minimum absolute atomic E-state index is 0.0531. The summed E-state index contributed by atoms with van der Waals surface area (Å²) in [7, 11) is 0. The van der Waals surface area contributed by atoms with Crippen LogP contribution >= 0.6 is 0 Å². The zero-order chi connectivity index (χ0) is 14.0. The third-order valence-electron chi connectivity index (χ3n) is 2.36. The molecule has 20 heavy (non-hydrogen) atoms. The molecule has 0 radical (unpaired) electrons. The predicted molar refractivity (Wildman–Crippen MR) is 68.2 cm³/mol. The van der Waals surface area contributed by atoms with Gasteiger partial charge in [-0.2, -0.15) is 0 Å². The lowest BCUT2D eigenvalue weighted by Crippen LogP contribution is -2.43. The van der Waals surface area contributed by atoms with E-state index in [-0.39, 0.29) is 23.3 Å². The maximum absolute atomic E-state index is 13.6. The number of halogens is 2. The van der Waals surface area contributed by atoms with Crippen molar-refractivity contribution in [2.45, 2.75) is 0 Å². The smallest absolute Gasteiger partial charge is 0.436 e. The topological polar surface area (TPSA) is 88.3 Å². The molecule has 3 rings (SSSR count). The second kappa shape index (κ2) is 4.72. The van der Waals surface area contributed by atoms with Crippen molar-refractivity contribution in [3.05, 3.63) is 48.6 Å². The Morgan fingerprint density at radius 1 is 0.750 bits per heavy atom. The highest BCUT2D eigenvalue weighted by Crippen LogP contribution is 2.16. The molecule has 7 nitrogen and oxygen atoms in total. The summed E-state index contributed by atoms with van der Waals surface area (Å²) in [5, 5.41) is 2.63. The summed E-state index contributed by atoms with van der Waals surface area (Å²) in [5.41, 5.74) is 0. The number of aromatic nitrogens is 4. The van der Waals surface area contributed by atoms with Crippen LogP contribution in [0.5, 0.6) is 0 Å². The van der Waals surface area contributed by atoms with Gasteiger partial charge in [0.25, 0.3) is 0 Å². The van der Waals surface area contributed by atoms with Gasteiger partial charge in [0.2, 0.25) is 0 Å². The molecular weight excluding hydrogens is 267 g/mol. The van der Waals surface area contributed by atoms with Crippen LogP contribution in [0.2, 0.25) is 0 Å². The van der Waals surface area contributed by atoms with Gasteiger partial charge in [-0.25, -0.2) is 19.9 Å². The molecule has 0 unspecified atom stereocenters. The van der Waals surface area contributed by atoms with Crippen LogP contribution in [0, 0.1) is 0 Å². The average molecular weight is 274 g/mol. The van der Waals surface area contributed by atoms with Gasteiger partial charge in [-0.15, -0.1) is 0 Å². The SMILES string of the molecule is F[B-]1(F)N=C(c2ncccn2)NC(c2ncccn2)=N1. The van der Waals surface area contributed by atoms with Crippen molar-refractivity contribution in [2.75, 3.05) is 0 Å². The summed E-state index contributed by atoms with van der Waals surface area (Å²) >= 11 is 0. The molecule has 3 heterocycles. The van der Waals surface area contributed by atoms with Crippen molar-refractivity contribution in [1.29, 1.82) is 0 Å². The molecule has 0 aromatic carbocycles. The number of amidine groups is 2. The summed E-state index contributed by atoms with van der Waals surface area (Å²) in [6.07, 6.45) is 5.73. The van der Waals surface area contributed by atoms with Crippen LogP contribution in [-0.4, -0.2) is 38.6 Å². The van der Waals surface area contributed by atoms with Crippen LogP contribution in [0.4, 0.5) is 8.63 Å². The molecule has 2 aromatic rings. The largest absolute Gasteiger partial charge is 0.558 e. The van der Waals surface area contributed by atoms with Gasteiger partial charge < -0.3 is 23.8 Å². The molecule has 0 atom stereocenters. The fraction of sp³-hybridized carbons (Fsp3) is 0. The molecule has 0 saturated carbocycles. The van der Waals surface area contributed by atoms with Gasteiger partial charge in [0.1, 0.15) is 11.7 Å². The van der Waals surface area contributed by atoms with Crippen LogP contribution in [0.15, 0.2) is 46.7 Å². The standard InChI is InChI=1S/C10H7BF2N7/c12-11(13)19-9(7-14-3-1-4-15-7)18-10(20-11)8-16-5-2-6-17-8/h1-6H,(H,18,19,20)/q-1. The molecule has 0 spiro atoms. The predicted octanol–water partition coefficient (Wildman–Crippen LogP) is 0.438. The summed E-state index contributed by atoms with van der Waals surface area (Å²) in [6.45, 7) is -4.30. The maximum atomic E-state index is 13.6. The van der Waals surface area contributed by atoms with Crippen LogP contribution in [0.1, 0.15) is 11.6 Å². The molecule has 2 aromatic heterocycles. The van der Waals surface area contributed by atoms with E-state index in [0.29, 0.717) is 0 Å². The Labute approximate surface area is 112 Å². The molecule has 0 amide bonds. The number of hydrogen-bond acceptors (Lipinski definition) is 7. The minimum atomic E-state index is -4.30. The summed E-state index contributed by atoms with van der Waals surface area (Å²) in [5.74, 6) is -0.212. The van der Waals surface area contributed by atoms with Gasteiger partial charge in [0.05, 0.1) is 0 Å². The first kappa shape index (κ1) is 12.3. The Bertz CT molecular complexity index is 617. The molecule has 1 N–H and O–H groups in total. The van der Waals surface area contributed by atoms with Crippen molar-refractivity contribution < 1.29 is 8.63 Å². The van der Waals surface area contributed by atoms with E-state index in [1.807, 2.05) is 0 Å². The second-order valence-corrected chi connectivity index (χ2v) is 3.81. The van der Waals surface area contributed by atoms with E-state index in [0.717, 1.165) is 0 Å². The summed E-state index contributed by atoms with van der Waals surface area (Å²) in [6, 6.07) is 3.15. The Balaban J connectivity index is 1.99. The third kappa shape index (κ3) is 2.48. The molecule has 0 aliphatic carbocycles. The Kier molecular flexibility index (Phi) is 2.90. The molecule has 10 heteroatoms. The van der Waals surface area contributed by atoms with Crippen molar-refractivity contribution in [1.82, 2.24) is 25.3 Å². The summed E-state index contributed by atoms with van der Waals surface area (Å²) < 4.78 is 27.2. The zero-order valence-corrected chi connectivity index (χ0v) is 9.98. The number of nitrogens with zero attached hydrogens (tertiary/aromatic N) is 6. The van der Waals surface area contributed by atoms with E-state index in [1.165, 1.54) is 24.8 Å². The zero-order valence-electron chi connectivity index (χ0n) is 9.98. The van der Waals surface area contributed by atoms with E-state index in [4.69, 9.17) is 0 Å². The Hall–Kier alpha value is -2.78. The van der Waals surface area contributed by atoms with Gasteiger partial charge in [-0.3, -0.25) is 0 Å². The van der Waals surface area contributed by atoms with Crippen LogP contribution in [0.3, 0.4) is 0 Å². The van der Waals surface area contributed by atoms with Crippen LogP contribution in [0.25, 0.3) is 0 Å². The Morgan fingerprint density at radius 2 is 1.15 bits per heavy atom. The lowest BCUT2D eigenvalue weighted by atomic mass is 10.0. The van der Waals surface area contributed by atoms with Gasteiger partial charge in [0, 0.05) is 24.8 Å². The highest BCUT2D eigenvalue weighted by Gasteiger charge is 2.30. The quantitative estimate of drug-likeness (QED) is 0.802. The average Bonchev–Trinajstić information content (AvgIpc) is 2.47. The van der Waals surface area contributed by atoms with Crippen molar-refractivity contribution in [3.63, 3.8) is 0 Å². The fourth-order valence-corrected chi connectivity index (χ4v) is 1.59. The number of hydrogen-bond donors (Lipinski definition) is 1. The molecule has 1 aliphatic heterocycles. The minimum Gasteiger partial charge on any atom is -0.436 e. The van der Waals surface area contributed by atoms with E-state index in [9.17, 15) is 8.63 Å². The molecule has 100 valence electrons. The number of nitrogens with one attached hydrogen (secondary N) is 1. The van der Waals surface area contributed by atoms with Crippen LogP contribution < -0.4 is 5.32 Å². The van der Waals surface area contributed by atoms with E-state index in [2.05, 4.69) is 35.1 Å². The molecular formula is C10H7BF2N7-. The molecule has 1 aliphatic rings. The van der Waals surface area contributed by atoms with Gasteiger partial charge in [-0.05, 0) is 12.1 Å². The Morgan fingerprint density at radius 3 is 1.55 bits per heavy atom. The second-order valence-electron chi connectivity index (χ2n) is 3.81. The third-order valence-corrected chi connectivity index (χ3v) is 2.36. The van der Waals surface area contributed by atoms with E-state index in [1.54, 1.807) is 12.1 Å². The van der Waals surface area contributed by atoms with Crippen molar-refractivity contribution in [2.24, 2.45) is 9.81 Å². The number of rotatable bonds is 2. The first-order chi connectivity index (χ1) is 9.64. The van der Waals surface area contributed by atoms with E-state index >= 15 is 0 Å². The highest BCUT2D eigenvalue weighted by molar-refractivity contribution is 6.66. The van der Waals surface area contributed by atoms with E-state index < -0.39 is 6.97 Å². The van der Waals surface area contributed by atoms with Crippen LogP contribution in [-0.2, 0) is 0 Å². The lowest BCUT2D eigenvalue weighted by molar-refractivity contribution is 0.601. The highest BCUT2D eigenvalue weighted by atomic mass is 19.2. The monoisotopic (exact) mass is 274 g/mol. The molecule has 0 bridgehead atoms. The summed E-state index contributed by atoms with van der Waals surface area (Å²) in [4.78, 5) is 21.9. The molecule has 0 saturated heterocycles. The van der Waals surface area contributed by atoms with Gasteiger partial charge >= 0.3 is 6.97 Å². The maximum Gasteiger partial charge on any atom is 0.558 e. The van der Waals surface area contributed by atoms with Crippen molar-refractivity contribution in [3.8, 4) is 0 Å². The molecule has 0 fully saturated rings. The van der Waals surface area contributed by atoms with Gasteiger partial charge in [0.15, 0.2) is 11.6 Å². The first-order valence-electron chi connectivity index (χ1n) is 5.66. The normalized spacial score (nSPS) is 16.9. The first-order valence-corrected chi connectivity index (χ1v) is 5.66. The lowest BCUT2D eigenvalue weighted by Gasteiger charge is -2.25. The fourth-order valence-electron chi connectivity index (χ4n) is 1.59. The van der Waals surface area contributed by atoms with Crippen molar-refractivity contribution >= 4 is 18.6 Å². The van der Waals surface area contributed by atoms with Gasteiger partial charge in [-0.1, -0.05) is 0 Å².